The van der Waals surface area contributed by atoms with Gasteiger partial charge in [-0.15, -0.1) is 40.8 Å². The van der Waals surface area contributed by atoms with E-state index >= 15 is 0 Å². The molecule has 0 unspecified atom stereocenters. The topological polar surface area (TPSA) is 554 Å². The quantitative estimate of drug-likeness (QED) is 0.0161. The predicted octanol–water partition coefficient (Wildman–Crippen LogP) is 16.9. The number of aliphatic imine (C=N–C) groups is 2. The van der Waals surface area contributed by atoms with E-state index in [1.165, 1.54) is 11.4 Å². The third-order valence-electron chi connectivity index (χ3n) is 14.7. The zero-order chi connectivity index (χ0) is 96.6. The van der Waals surface area contributed by atoms with Crippen LogP contribution in [0.2, 0.25) is 0 Å². The number of hydrogen-bond acceptors (Lipinski definition) is 23. The Kier molecular flexibility index (Phi) is 77.0. The van der Waals surface area contributed by atoms with Gasteiger partial charge in [-0.1, -0.05) is 270 Å². The number of carbonyl (C=O) groups excluding carboxylic acids is 5. The molecule has 35 nitrogen and oxygen atoms in total. The first-order chi connectivity index (χ1) is 55.4. The number of nitrogens with two attached hydrogens (primary N) is 4. The number of nitrogens with zero attached hydrogens (tertiary/aromatic N) is 16. The lowest BCUT2D eigenvalue weighted by Crippen LogP contribution is -2.33. The Labute approximate surface area is 729 Å². The fourth-order valence-corrected chi connectivity index (χ4v) is 6.56. The second-order valence-corrected chi connectivity index (χ2v) is 35.4. The number of hydrogen-bond donors (Lipinski definition) is 14. The smallest absolute Gasteiger partial charge is 0.222 e. The van der Waals surface area contributed by atoms with E-state index in [2.05, 4.69) is 192 Å². The first-order valence-electron chi connectivity index (χ1n) is 42.9. The van der Waals surface area contributed by atoms with Crippen molar-refractivity contribution in [2.24, 2.45) is 92.1 Å². The number of nitrogens with one attached hydrogen (secondary N) is 8. The summed E-state index contributed by atoms with van der Waals surface area (Å²) in [5.74, 6) is 12.4. The fraction of sp³-hybridized carbons (Fsp3) is 0.779. The molecule has 0 fully saturated rings. The number of primary amides is 2. The van der Waals surface area contributed by atoms with Crippen molar-refractivity contribution in [3.63, 3.8) is 0 Å². The zero-order valence-corrected chi connectivity index (χ0v) is 83.5. The lowest BCUT2D eigenvalue weighted by atomic mass is 9.99. The molecule has 0 atom stereocenters. The highest BCUT2D eigenvalue weighted by Gasteiger charge is 2.14. The third kappa shape index (κ3) is 78.8. The number of allylic oxidation sites excluding steroid dienone is 2. The van der Waals surface area contributed by atoms with Crippen molar-refractivity contribution in [3.05, 3.63) is 70.2 Å². The molecule has 4 amide bonds. The van der Waals surface area contributed by atoms with Crippen LogP contribution in [-0.4, -0.2) is 178 Å². The Balaban J connectivity index is -0.000000190. The van der Waals surface area contributed by atoms with Crippen LogP contribution in [0.25, 0.3) is 0 Å². The zero-order valence-electron chi connectivity index (χ0n) is 83.5. The van der Waals surface area contributed by atoms with E-state index in [0.29, 0.717) is 83.0 Å². The molecule has 0 aromatic carbocycles. The molecule has 6 heterocycles. The first-order valence-corrected chi connectivity index (χ1v) is 42.9. The number of aromatic nitrogens is 20. The molecule has 0 bridgehead atoms. The van der Waals surface area contributed by atoms with Gasteiger partial charge in [0.15, 0.2) is 23.3 Å². The van der Waals surface area contributed by atoms with Gasteiger partial charge >= 0.3 is 0 Å². The number of H-pyrrole nitrogens is 6. The van der Waals surface area contributed by atoms with Gasteiger partial charge in [-0.2, -0.15) is 20.9 Å². The molecule has 0 saturated carbocycles. The molecule has 0 radical (unpaired) electrons. The van der Waals surface area contributed by atoms with Crippen molar-refractivity contribution in [2.75, 3.05) is 0 Å². The van der Waals surface area contributed by atoms with E-state index < -0.39 is 0 Å². The number of Topliss-reactive ketones (excluding diaryl/α,β-unsaturated/α-hetero) is 1. The molecule has 121 heavy (non-hydrogen) atoms. The Morgan fingerprint density at radius 2 is 0.562 bits per heavy atom. The van der Waals surface area contributed by atoms with Crippen molar-refractivity contribution in [3.8, 4) is 0 Å². The SMILES string of the molecule is CC(C)/C(O)=C(\O)C(C)C.CC(C)C(N)=O.CC(C)C(N)=O.CC(C)CC(=O)C(C)C.CC(C)N=C(N)C(C)C.CC(C)N=C(N)C(C)C.CC(C)NC(=O)C(C)C.CC(C)NC(=O)C(C)C.CC(C)c1cnc(C(C)C)[nH]1.CC(C)c1cnc(C(C)C)[nH]1.CC(C)c1nn[nH]n1.CC(C)c1nn[nH]n1.CC(C)c1nn[nH]n1.CC(C)c1nn[nH]n1. The highest BCUT2D eigenvalue weighted by Crippen LogP contribution is 2.18. The normalized spacial score (nSPS) is 11.3. The largest absolute Gasteiger partial charge is 0.509 e. The number of amides is 4. The van der Waals surface area contributed by atoms with E-state index in [1.54, 1.807) is 27.7 Å². The molecule has 0 aliphatic heterocycles. The maximum atomic E-state index is 11.0. The van der Waals surface area contributed by atoms with E-state index in [0.717, 1.165) is 53.0 Å². The molecule has 18 N–H and O–H groups in total. The van der Waals surface area contributed by atoms with E-state index in [4.69, 9.17) is 22.9 Å². The highest BCUT2D eigenvalue weighted by atomic mass is 16.3. The molecule has 35 heteroatoms. The highest BCUT2D eigenvalue weighted by molar-refractivity contribution is 5.83. The predicted molar refractivity (Wildman–Crippen MR) is 495 cm³/mol. The van der Waals surface area contributed by atoms with Crippen molar-refractivity contribution >= 4 is 41.1 Å². The number of amidine groups is 2. The van der Waals surface area contributed by atoms with Crippen LogP contribution < -0.4 is 33.6 Å². The van der Waals surface area contributed by atoms with E-state index in [1.807, 2.05) is 220 Å². The Bertz CT molecular complexity index is 3130. The minimum Gasteiger partial charge on any atom is -0.509 e. The monoisotopic (exact) mass is 1710 g/mol. The average Bonchev–Trinajstić information content (AvgIpc) is 1.75. The van der Waals surface area contributed by atoms with Crippen molar-refractivity contribution < 1.29 is 34.2 Å². The van der Waals surface area contributed by atoms with Gasteiger partial charge in [0.25, 0.3) is 0 Å². The van der Waals surface area contributed by atoms with Crippen LogP contribution in [0.15, 0.2) is 33.9 Å². The number of rotatable bonds is 23. The molecule has 6 aromatic rings. The van der Waals surface area contributed by atoms with Gasteiger partial charge in [0, 0.05) is 143 Å². The number of tetrazole rings is 4. The Morgan fingerprint density at radius 1 is 0.331 bits per heavy atom. The second-order valence-electron chi connectivity index (χ2n) is 35.4. The number of aliphatic hydroxyl groups is 2. The van der Waals surface area contributed by atoms with E-state index in [-0.39, 0.29) is 88.7 Å². The minimum atomic E-state index is -0.241. The average molecular weight is 1710 g/mol. The number of imidazole rings is 2. The summed E-state index contributed by atoms with van der Waals surface area (Å²) in [5, 5.41) is 77.3. The Hall–Kier alpha value is -9.47. The number of carbonyl (C=O) groups is 5. The van der Waals surface area contributed by atoms with Crippen LogP contribution in [0, 0.1) is 59.2 Å². The van der Waals surface area contributed by atoms with E-state index in [9.17, 15) is 34.2 Å². The third-order valence-corrected chi connectivity index (χ3v) is 14.7. The van der Waals surface area contributed by atoms with Crippen molar-refractivity contribution in [1.29, 1.82) is 0 Å². The van der Waals surface area contributed by atoms with Gasteiger partial charge in [-0.05, 0) is 73.1 Å². The number of aromatic amines is 6. The summed E-state index contributed by atoms with van der Waals surface area (Å²) in [7, 11) is 0. The summed E-state index contributed by atoms with van der Waals surface area (Å²) in [6, 6.07) is 1.18. The van der Waals surface area contributed by atoms with Crippen LogP contribution >= 0.6 is 0 Å². The summed E-state index contributed by atoms with van der Waals surface area (Å²) >= 11 is 0. The number of aliphatic hydroxyl groups excluding tert-OH is 2. The molecule has 0 saturated heterocycles. The maximum absolute atomic E-state index is 11.0. The molecule has 702 valence electrons. The second kappa shape index (κ2) is 73.3. The van der Waals surface area contributed by atoms with Gasteiger partial charge < -0.3 is 53.7 Å². The van der Waals surface area contributed by atoms with Crippen molar-refractivity contribution in [1.82, 2.24) is 113 Å². The van der Waals surface area contributed by atoms with Crippen LogP contribution in [0.4, 0.5) is 0 Å². The standard InChI is InChI=1S/2C9H16N2.C8H16O2.C8H16O.2C7H16N2.2C7H15NO.4C4H8N4.2C4H9NO/c2*1-6(2)8-5-10-9(11-8)7(3)4;1-5(2)7(9)8(10)6(3)4;1-6(2)5-8(9)7(3)4;2*1-5(2)7(8)9-6(3)4;2*1-5(2)7(9)8-6(3)4;4*1-3(2)4-5-7-8-6-4;2*1-3(2)4(5)6/h2*5-7H,1-4H3,(H,10,11);5-6,9-10H,1-4H3;6-7H,5H2,1-4H3;2*5-6H,1-4H3,(H2,8,9);2*5-6H,1-4H3,(H,8,9);4*3H,1-2H3,(H,5,6,7,8);2*3H,1-2H3,(H2,5,6)/b;;8-7+;;;;;;;;;;;. The summed E-state index contributed by atoms with van der Waals surface area (Å²) < 4.78 is 0. The minimum absolute atomic E-state index is 0.00926. The fourth-order valence-electron chi connectivity index (χ4n) is 6.56. The molecule has 0 spiro atoms. The summed E-state index contributed by atoms with van der Waals surface area (Å²) in [4.78, 5) is 76.0. The van der Waals surface area contributed by atoms with Crippen LogP contribution in [0.5, 0.6) is 0 Å². The van der Waals surface area contributed by atoms with Gasteiger partial charge in [0.2, 0.25) is 23.6 Å². The van der Waals surface area contributed by atoms with Crippen molar-refractivity contribution in [2.45, 2.75) is 383 Å². The summed E-state index contributed by atoms with van der Waals surface area (Å²) in [5.41, 5.74) is 23.2. The molecule has 6 aromatic heterocycles. The molecule has 0 aliphatic rings. The molecule has 0 aliphatic carbocycles. The Morgan fingerprint density at radius 3 is 0.636 bits per heavy atom. The molecular formula is C86H176N28O7. The molecular weight excluding hydrogens is 1540 g/mol. The van der Waals surface area contributed by atoms with Gasteiger partial charge in [0.1, 0.15) is 29.0 Å². The maximum Gasteiger partial charge on any atom is 0.222 e. The van der Waals surface area contributed by atoms with Crippen LogP contribution in [0.3, 0.4) is 0 Å². The van der Waals surface area contributed by atoms with Crippen LogP contribution in [-0.2, 0) is 24.0 Å². The lowest BCUT2D eigenvalue weighted by molar-refractivity contribution is -0.125. The van der Waals surface area contributed by atoms with Gasteiger partial charge in [-0.25, -0.2) is 9.97 Å². The lowest BCUT2D eigenvalue weighted by Gasteiger charge is -2.09. The van der Waals surface area contributed by atoms with Gasteiger partial charge in [0.05, 0.1) is 11.7 Å². The molecule has 6 rings (SSSR count). The number of ketones is 1. The summed E-state index contributed by atoms with van der Waals surface area (Å²) in [6.45, 7) is 87.5. The summed E-state index contributed by atoms with van der Waals surface area (Å²) in [6.07, 6.45) is 4.59. The van der Waals surface area contributed by atoms with Gasteiger partial charge in [-0.3, -0.25) is 34.0 Å². The first kappa shape index (κ1) is 127. The van der Waals surface area contributed by atoms with Crippen LogP contribution in [0.1, 0.15) is 405 Å².